The average Bonchev–Trinajstić information content (AvgIpc) is 3.03. The molecule has 0 radical (unpaired) electrons. The van der Waals surface area contributed by atoms with Crippen molar-refractivity contribution in [2.24, 2.45) is 0 Å². The van der Waals surface area contributed by atoms with Crippen molar-refractivity contribution in [3.63, 3.8) is 0 Å². The molecule has 24 heavy (non-hydrogen) atoms. The van der Waals surface area contributed by atoms with E-state index in [0.29, 0.717) is 29.6 Å². The number of carbonyl (C=O) groups is 1. The number of aromatic amines is 1. The fraction of sp³-hybridized carbons (Fsp3) is 0.176. The quantitative estimate of drug-likeness (QED) is 0.745. The first-order valence-corrected chi connectivity index (χ1v) is 7.87. The number of aromatic nitrogens is 4. The monoisotopic (exact) mass is 341 g/mol. The molecular weight excluding hydrogens is 326 g/mol. The molecule has 0 aliphatic rings. The second-order valence-electron chi connectivity index (χ2n) is 5.39. The van der Waals surface area contributed by atoms with Gasteiger partial charge in [0.25, 0.3) is 0 Å². The lowest BCUT2D eigenvalue weighted by atomic mass is 10.1. The fourth-order valence-electron chi connectivity index (χ4n) is 2.28. The largest absolute Gasteiger partial charge is 0.307 e. The number of pyridine rings is 1. The van der Waals surface area contributed by atoms with Gasteiger partial charge in [-0.1, -0.05) is 23.7 Å². The summed E-state index contributed by atoms with van der Waals surface area (Å²) in [4.78, 5) is 19.1. The van der Waals surface area contributed by atoms with Gasteiger partial charge in [-0.15, -0.1) is 10.2 Å². The molecule has 3 aromatic rings. The zero-order valence-corrected chi connectivity index (χ0v) is 13.8. The van der Waals surface area contributed by atoms with E-state index in [1.165, 1.54) is 0 Å². The van der Waals surface area contributed by atoms with E-state index >= 15 is 0 Å². The van der Waals surface area contributed by atoms with Gasteiger partial charge in [-0.2, -0.15) is 0 Å². The van der Waals surface area contributed by atoms with E-state index in [1.54, 1.807) is 12.4 Å². The minimum absolute atomic E-state index is 0.126. The van der Waals surface area contributed by atoms with Crippen molar-refractivity contribution < 1.29 is 4.79 Å². The SMILES string of the molecule is Cc1cnccc1-c1nnc(NC(=O)CCc2ccc(Cl)cc2)[nH]1. The maximum atomic E-state index is 12.0. The van der Waals surface area contributed by atoms with E-state index in [1.807, 2.05) is 37.3 Å². The number of nitrogens with one attached hydrogen (secondary N) is 2. The van der Waals surface area contributed by atoms with Crippen molar-refractivity contribution >= 4 is 23.5 Å². The minimum atomic E-state index is -0.126. The number of rotatable bonds is 5. The van der Waals surface area contributed by atoms with Crippen LogP contribution < -0.4 is 5.32 Å². The number of hydrogen-bond acceptors (Lipinski definition) is 4. The van der Waals surface area contributed by atoms with E-state index in [9.17, 15) is 4.79 Å². The molecule has 2 aromatic heterocycles. The van der Waals surface area contributed by atoms with Gasteiger partial charge >= 0.3 is 0 Å². The first-order chi connectivity index (χ1) is 11.6. The van der Waals surface area contributed by atoms with Crippen molar-refractivity contribution in [3.05, 3.63) is 58.9 Å². The van der Waals surface area contributed by atoms with Crippen molar-refractivity contribution in [3.8, 4) is 11.4 Å². The third-order valence-corrected chi connectivity index (χ3v) is 3.83. The van der Waals surface area contributed by atoms with Crippen LogP contribution in [0.3, 0.4) is 0 Å². The molecule has 0 aliphatic heterocycles. The topological polar surface area (TPSA) is 83.6 Å². The number of aryl methyl sites for hydroxylation is 2. The van der Waals surface area contributed by atoms with Crippen LogP contribution >= 0.6 is 11.6 Å². The third kappa shape index (κ3) is 3.97. The van der Waals surface area contributed by atoms with Gasteiger partial charge in [-0.25, -0.2) is 0 Å². The summed E-state index contributed by atoms with van der Waals surface area (Å²) in [5.41, 5.74) is 2.94. The van der Waals surface area contributed by atoms with Crippen LogP contribution in [-0.2, 0) is 11.2 Å². The average molecular weight is 342 g/mol. The Kier molecular flexibility index (Phi) is 4.86. The molecule has 0 aliphatic carbocycles. The highest BCUT2D eigenvalue weighted by molar-refractivity contribution is 6.30. The zero-order chi connectivity index (χ0) is 16.9. The maximum absolute atomic E-state index is 12.0. The minimum Gasteiger partial charge on any atom is -0.307 e. The molecule has 1 aromatic carbocycles. The van der Waals surface area contributed by atoms with Crippen LogP contribution in [0.5, 0.6) is 0 Å². The van der Waals surface area contributed by atoms with Crippen LogP contribution in [-0.4, -0.2) is 26.1 Å². The molecule has 0 spiro atoms. The predicted molar refractivity (Wildman–Crippen MR) is 92.8 cm³/mol. The van der Waals surface area contributed by atoms with Gasteiger partial charge in [-0.3, -0.25) is 15.1 Å². The van der Waals surface area contributed by atoms with Crippen LogP contribution in [0, 0.1) is 6.92 Å². The van der Waals surface area contributed by atoms with E-state index in [4.69, 9.17) is 11.6 Å². The molecule has 6 nitrogen and oxygen atoms in total. The van der Waals surface area contributed by atoms with E-state index in [2.05, 4.69) is 25.5 Å². The van der Waals surface area contributed by atoms with Crippen LogP contribution in [0.25, 0.3) is 11.4 Å². The van der Waals surface area contributed by atoms with Crippen LogP contribution in [0.15, 0.2) is 42.7 Å². The lowest BCUT2D eigenvalue weighted by Gasteiger charge is -2.03. The molecule has 1 amide bonds. The highest BCUT2D eigenvalue weighted by atomic mass is 35.5. The van der Waals surface area contributed by atoms with E-state index in [0.717, 1.165) is 16.7 Å². The number of amides is 1. The van der Waals surface area contributed by atoms with Crippen molar-refractivity contribution in [1.29, 1.82) is 0 Å². The highest BCUT2D eigenvalue weighted by Gasteiger charge is 2.10. The number of halogens is 1. The molecule has 2 N–H and O–H groups in total. The number of nitrogens with zero attached hydrogens (tertiary/aromatic N) is 3. The van der Waals surface area contributed by atoms with Crippen molar-refractivity contribution in [1.82, 2.24) is 20.2 Å². The molecular formula is C17H16ClN5O. The highest BCUT2D eigenvalue weighted by Crippen LogP contribution is 2.19. The molecule has 122 valence electrons. The fourth-order valence-corrected chi connectivity index (χ4v) is 2.41. The van der Waals surface area contributed by atoms with Crippen molar-refractivity contribution in [2.45, 2.75) is 19.8 Å². The van der Waals surface area contributed by atoms with Gasteiger partial charge in [0, 0.05) is 29.4 Å². The third-order valence-electron chi connectivity index (χ3n) is 3.57. The molecule has 0 bridgehead atoms. The Labute approximate surface area is 144 Å². The summed E-state index contributed by atoms with van der Waals surface area (Å²) in [6.07, 6.45) is 4.43. The number of hydrogen-bond donors (Lipinski definition) is 2. The van der Waals surface area contributed by atoms with Gasteiger partial charge in [0.05, 0.1) is 0 Å². The van der Waals surface area contributed by atoms with Crippen LogP contribution in [0.1, 0.15) is 17.5 Å². The number of benzene rings is 1. The van der Waals surface area contributed by atoms with Crippen LogP contribution in [0.2, 0.25) is 5.02 Å². The summed E-state index contributed by atoms with van der Waals surface area (Å²) in [6, 6.07) is 9.30. The predicted octanol–water partition coefficient (Wildman–Crippen LogP) is 3.40. The zero-order valence-electron chi connectivity index (χ0n) is 13.1. The number of carbonyl (C=O) groups excluding carboxylic acids is 1. The van der Waals surface area contributed by atoms with Gasteiger partial charge in [-0.05, 0) is 42.7 Å². The Bertz CT molecular complexity index is 844. The molecule has 7 heteroatoms. The summed E-state index contributed by atoms with van der Waals surface area (Å²) in [5, 5.41) is 11.4. The first-order valence-electron chi connectivity index (χ1n) is 7.50. The summed E-state index contributed by atoms with van der Waals surface area (Å²) in [6.45, 7) is 1.94. The Morgan fingerprint density at radius 2 is 2.00 bits per heavy atom. The lowest BCUT2D eigenvalue weighted by Crippen LogP contribution is -2.13. The summed E-state index contributed by atoms with van der Waals surface area (Å²) in [7, 11) is 0. The Morgan fingerprint density at radius 3 is 2.75 bits per heavy atom. The summed E-state index contributed by atoms with van der Waals surface area (Å²) >= 11 is 5.84. The van der Waals surface area contributed by atoms with Gasteiger partial charge in [0.1, 0.15) is 0 Å². The second-order valence-corrected chi connectivity index (χ2v) is 5.82. The Hall–Kier alpha value is -2.73. The maximum Gasteiger partial charge on any atom is 0.228 e. The molecule has 2 heterocycles. The first kappa shape index (κ1) is 16.1. The van der Waals surface area contributed by atoms with Gasteiger partial charge in [0.2, 0.25) is 11.9 Å². The molecule has 0 saturated carbocycles. The number of anilines is 1. The van der Waals surface area contributed by atoms with Gasteiger partial charge < -0.3 is 4.98 Å². The van der Waals surface area contributed by atoms with E-state index < -0.39 is 0 Å². The summed E-state index contributed by atoms with van der Waals surface area (Å²) < 4.78 is 0. The van der Waals surface area contributed by atoms with Crippen molar-refractivity contribution in [2.75, 3.05) is 5.32 Å². The Balaban J connectivity index is 1.59. The molecule has 0 unspecified atom stereocenters. The molecule has 3 rings (SSSR count). The standard InChI is InChI=1S/C17H16ClN5O/c1-11-10-19-9-8-14(11)16-21-17(23-22-16)20-15(24)7-4-12-2-5-13(18)6-3-12/h2-3,5-6,8-10H,4,7H2,1H3,(H2,20,21,22,23,24). The number of H-pyrrole nitrogens is 1. The Morgan fingerprint density at radius 1 is 1.21 bits per heavy atom. The normalized spacial score (nSPS) is 10.6. The molecule has 0 atom stereocenters. The van der Waals surface area contributed by atoms with Gasteiger partial charge in [0.15, 0.2) is 5.82 Å². The lowest BCUT2D eigenvalue weighted by molar-refractivity contribution is -0.116. The molecule has 0 fully saturated rings. The van der Waals surface area contributed by atoms with Crippen LogP contribution in [0.4, 0.5) is 5.95 Å². The van der Waals surface area contributed by atoms with E-state index in [-0.39, 0.29) is 5.91 Å². The summed E-state index contributed by atoms with van der Waals surface area (Å²) in [5.74, 6) is 0.810. The second kappa shape index (κ2) is 7.23. The smallest absolute Gasteiger partial charge is 0.228 e. The molecule has 0 saturated heterocycles.